The maximum atomic E-state index is 13.0. The van der Waals surface area contributed by atoms with Crippen LogP contribution < -0.4 is 10.1 Å². The lowest BCUT2D eigenvalue weighted by atomic mass is 9.98. The number of hydrogen-bond acceptors (Lipinski definition) is 3. The lowest BCUT2D eigenvalue weighted by Gasteiger charge is -2.36. The number of hydrogen-bond donors (Lipinski definition) is 1. The van der Waals surface area contributed by atoms with Gasteiger partial charge in [0.15, 0.2) is 0 Å². The van der Waals surface area contributed by atoms with E-state index in [4.69, 9.17) is 4.74 Å². The molecule has 1 saturated heterocycles. The highest BCUT2D eigenvalue weighted by Gasteiger charge is 2.38. The first-order valence-electron chi connectivity index (χ1n) is 7.38. The summed E-state index contributed by atoms with van der Waals surface area (Å²) in [5.41, 5.74) is -1.06. The van der Waals surface area contributed by atoms with Crippen molar-refractivity contribution in [3.05, 3.63) is 29.3 Å². The molecule has 0 spiro atoms. The van der Waals surface area contributed by atoms with Crippen LogP contribution in [0.2, 0.25) is 0 Å². The Morgan fingerprint density at radius 1 is 1.08 bits per heavy atom. The SMILES string of the molecule is COc1cc([C@H](CC(F)(F)F)N2CCNCC2)cc(C(F)(F)F)c1. The van der Waals surface area contributed by atoms with Gasteiger partial charge in [-0.3, -0.25) is 4.90 Å². The maximum absolute atomic E-state index is 13.0. The molecule has 1 heterocycles. The van der Waals surface area contributed by atoms with Crippen LogP contribution in [0.25, 0.3) is 0 Å². The van der Waals surface area contributed by atoms with Gasteiger partial charge in [-0.15, -0.1) is 0 Å². The minimum atomic E-state index is -4.66. The molecule has 1 fully saturated rings. The molecule has 1 atom stereocenters. The number of nitrogens with zero attached hydrogens (tertiary/aromatic N) is 1. The third-order valence-corrected chi connectivity index (χ3v) is 3.89. The molecule has 0 radical (unpaired) electrons. The Balaban J connectivity index is 2.43. The minimum Gasteiger partial charge on any atom is -0.497 e. The molecule has 0 amide bonds. The fourth-order valence-corrected chi connectivity index (χ4v) is 2.77. The van der Waals surface area contributed by atoms with Crippen molar-refractivity contribution < 1.29 is 31.1 Å². The summed E-state index contributed by atoms with van der Waals surface area (Å²) in [7, 11) is 1.18. The van der Waals surface area contributed by atoms with E-state index in [1.165, 1.54) is 13.2 Å². The van der Waals surface area contributed by atoms with Gasteiger partial charge in [0, 0.05) is 32.2 Å². The predicted octanol–water partition coefficient (Wildman–Crippen LogP) is 3.61. The highest BCUT2D eigenvalue weighted by atomic mass is 19.4. The number of nitrogens with one attached hydrogen (secondary N) is 1. The van der Waals surface area contributed by atoms with Crippen molar-refractivity contribution in [2.24, 2.45) is 0 Å². The van der Waals surface area contributed by atoms with Gasteiger partial charge < -0.3 is 10.1 Å². The topological polar surface area (TPSA) is 24.5 Å². The van der Waals surface area contributed by atoms with Gasteiger partial charge in [0.1, 0.15) is 5.75 Å². The molecule has 1 aromatic carbocycles. The van der Waals surface area contributed by atoms with Gasteiger partial charge in [0.2, 0.25) is 0 Å². The maximum Gasteiger partial charge on any atom is 0.416 e. The quantitative estimate of drug-likeness (QED) is 0.834. The molecular formula is C15H18F6N2O. The fraction of sp³-hybridized carbons (Fsp3) is 0.600. The molecule has 9 heteroatoms. The number of alkyl halides is 6. The summed E-state index contributed by atoms with van der Waals surface area (Å²) >= 11 is 0. The van der Waals surface area contributed by atoms with Crippen LogP contribution in [0.4, 0.5) is 26.3 Å². The monoisotopic (exact) mass is 356 g/mol. The first-order chi connectivity index (χ1) is 11.1. The van der Waals surface area contributed by atoms with E-state index in [1.54, 1.807) is 4.90 Å². The Hall–Kier alpha value is -1.48. The van der Waals surface area contributed by atoms with Crippen LogP contribution in [0.5, 0.6) is 5.75 Å². The number of halogens is 6. The second kappa shape index (κ2) is 7.18. The van der Waals surface area contributed by atoms with Crippen molar-refractivity contribution in [3.63, 3.8) is 0 Å². The van der Waals surface area contributed by atoms with Crippen LogP contribution in [-0.2, 0) is 6.18 Å². The van der Waals surface area contributed by atoms with Gasteiger partial charge in [-0.2, -0.15) is 26.3 Å². The van der Waals surface area contributed by atoms with E-state index < -0.39 is 30.4 Å². The molecule has 0 aliphatic carbocycles. The molecule has 0 aromatic heterocycles. The highest BCUT2D eigenvalue weighted by Crippen LogP contribution is 2.39. The molecule has 136 valence electrons. The van der Waals surface area contributed by atoms with E-state index in [1.807, 2.05) is 0 Å². The fourth-order valence-electron chi connectivity index (χ4n) is 2.77. The molecule has 1 aliphatic heterocycles. The molecule has 3 nitrogen and oxygen atoms in total. The Morgan fingerprint density at radius 3 is 2.21 bits per heavy atom. The molecule has 1 N–H and O–H groups in total. The summed E-state index contributed by atoms with van der Waals surface area (Å²) in [6.07, 6.45) is -10.4. The summed E-state index contributed by atoms with van der Waals surface area (Å²) in [6, 6.07) is 1.63. The third-order valence-electron chi connectivity index (χ3n) is 3.89. The zero-order valence-electron chi connectivity index (χ0n) is 13.0. The summed E-state index contributed by atoms with van der Waals surface area (Å²) in [4.78, 5) is 1.55. The first-order valence-corrected chi connectivity index (χ1v) is 7.38. The largest absolute Gasteiger partial charge is 0.497 e. The lowest BCUT2D eigenvalue weighted by Crippen LogP contribution is -2.46. The van der Waals surface area contributed by atoms with E-state index in [0.29, 0.717) is 26.2 Å². The molecule has 1 aromatic rings. The summed E-state index contributed by atoms with van der Waals surface area (Å²) in [5.74, 6) is -0.109. The van der Waals surface area contributed by atoms with Crippen molar-refractivity contribution in [2.45, 2.75) is 24.8 Å². The standard InChI is InChI=1S/C15H18F6N2O/c1-24-12-7-10(6-11(8-12)15(19,20)21)13(9-14(16,17)18)23-4-2-22-3-5-23/h6-8,13,22H,2-5,9H2,1H3/t13-/m0/s1. The van der Waals surface area contributed by atoms with Crippen LogP contribution >= 0.6 is 0 Å². The minimum absolute atomic E-state index is 0.0408. The average molecular weight is 356 g/mol. The van der Waals surface area contributed by atoms with Crippen LogP contribution in [-0.4, -0.2) is 44.4 Å². The van der Waals surface area contributed by atoms with Gasteiger partial charge in [-0.05, 0) is 23.8 Å². The zero-order chi connectivity index (χ0) is 18.0. The van der Waals surface area contributed by atoms with Crippen molar-refractivity contribution in [1.29, 1.82) is 0 Å². The molecular weight excluding hydrogens is 338 g/mol. The highest BCUT2D eigenvalue weighted by molar-refractivity contribution is 5.37. The van der Waals surface area contributed by atoms with Crippen molar-refractivity contribution >= 4 is 0 Å². The lowest BCUT2D eigenvalue weighted by molar-refractivity contribution is -0.148. The third kappa shape index (κ3) is 5.01. The molecule has 2 rings (SSSR count). The Kier molecular flexibility index (Phi) is 5.64. The summed E-state index contributed by atoms with van der Waals surface area (Å²) in [5, 5.41) is 3.01. The second-order valence-electron chi connectivity index (χ2n) is 5.61. The summed E-state index contributed by atoms with van der Waals surface area (Å²) < 4.78 is 82.8. The zero-order valence-corrected chi connectivity index (χ0v) is 13.0. The number of methoxy groups -OCH3 is 1. The van der Waals surface area contributed by atoms with Crippen LogP contribution in [0.1, 0.15) is 23.6 Å². The van der Waals surface area contributed by atoms with Crippen LogP contribution in [0.3, 0.4) is 0 Å². The Labute approximate surface area is 135 Å². The molecule has 24 heavy (non-hydrogen) atoms. The summed E-state index contributed by atoms with van der Waals surface area (Å²) in [6.45, 7) is 1.65. The van der Waals surface area contributed by atoms with E-state index in [-0.39, 0.29) is 11.3 Å². The van der Waals surface area contributed by atoms with E-state index in [2.05, 4.69) is 5.32 Å². The van der Waals surface area contributed by atoms with Gasteiger partial charge >= 0.3 is 12.4 Å². The van der Waals surface area contributed by atoms with Gasteiger partial charge in [0.05, 0.1) is 19.1 Å². The smallest absolute Gasteiger partial charge is 0.416 e. The van der Waals surface area contributed by atoms with Gasteiger partial charge in [0.25, 0.3) is 0 Å². The molecule has 0 unspecified atom stereocenters. The Morgan fingerprint density at radius 2 is 1.71 bits per heavy atom. The van der Waals surface area contributed by atoms with Crippen molar-refractivity contribution in [3.8, 4) is 5.75 Å². The molecule has 1 aliphatic rings. The van der Waals surface area contributed by atoms with Gasteiger partial charge in [-0.1, -0.05) is 0 Å². The normalized spacial score (nSPS) is 18.5. The van der Waals surface area contributed by atoms with Crippen molar-refractivity contribution in [2.75, 3.05) is 33.3 Å². The van der Waals surface area contributed by atoms with Crippen LogP contribution in [0.15, 0.2) is 18.2 Å². The first kappa shape index (κ1) is 18.9. The average Bonchev–Trinajstić information content (AvgIpc) is 2.51. The Bertz CT molecular complexity index is 552. The molecule has 0 bridgehead atoms. The number of piperazine rings is 1. The number of rotatable bonds is 4. The van der Waals surface area contributed by atoms with E-state index in [9.17, 15) is 26.3 Å². The predicted molar refractivity (Wildman–Crippen MR) is 75.9 cm³/mol. The molecule has 0 saturated carbocycles. The van der Waals surface area contributed by atoms with E-state index in [0.717, 1.165) is 12.1 Å². The van der Waals surface area contributed by atoms with Gasteiger partial charge in [-0.25, -0.2) is 0 Å². The van der Waals surface area contributed by atoms with Crippen molar-refractivity contribution in [1.82, 2.24) is 10.2 Å². The van der Waals surface area contributed by atoms with Crippen LogP contribution in [0, 0.1) is 0 Å². The van der Waals surface area contributed by atoms with E-state index >= 15 is 0 Å². The second-order valence-corrected chi connectivity index (χ2v) is 5.61. The number of ether oxygens (including phenoxy) is 1. The number of benzene rings is 1.